The highest BCUT2D eigenvalue weighted by Crippen LogP contribution is 2.18. The van der Waals surface area contributed by atoms with E-state index < -0.39 is 29.0 Å². The second-order valence-corrected chi connectivity index (χ2v) is 11.2. The number of rotatable bonds is 22. The highest BCUT2D eigenvalue weighted by Gasteiger charge is 2.25. The summed E-state index contributed by atoms with van der Waals surface area (Å²) >= 11 is 0. The van der Waals surface area contributed by atoms with Crippen molar-refractivity contribution >= 4 is 29.0 Å². The zero-order valence-electron chi connectivity index (χ0n) is 28.4. The van der Waals surface area contributed by atoms with Crippen LogP contribution in [-0.4, -0.2) is 59.7 Å². The van der Waals surface area contributed by atoms with Crippen molar-refractivity contribution < 1.29 is 73.5 Å². The van der Waals surface area contributed by atoms with Crippen LogP contribution in [0.2, 0.25) is 0 Å². The second-order valence-electron chi connectivity index (χ2n) is 11.2. The molecule has 0 aliphatic carbocycles. The zero-order chi connectivity index (χ0) is 38.1. The van der Waals surface area contributed by atoms with E-state index in [1.54, 1.807) is 0 Å². The van der Waals surface area contributed by atoms with Gasteiger partial charge in [0.1, 0.15) is 0 Å². The number of unbranched alkanes of at least 4 members (excludes halogenated alkanes) is 14. The van der Waals surface area contributed by atoms with E-state index in [0.29, 0.717) is 0 Å². The predicted octanol–water partition coefficient (Wildman–Crippen LogP) is 14.1. The van der Waals surface area contributed by atoms with Crippen molar-refractivity contribution in [1.29, 1.82) is 0 Å². The van der Waals surface area contributed by atoms with Crippen LogP contribution in [0.1, 0.15) is 143 Å². The van der Waals surface area contributed by atoms with Crippen LogP contribution in [0.15, 0.2) is 0 Å². The second kappa shape index (κ2) is 33.6. The molecule has 0 aliphatic heterocycles. The van der Waals surface area contributed by atoms with Gasteiger partial charge in [-0.05, 0) is 32.1 Å². The Kier molecular flexibility index (Phi) is 39.7. The van der Waals surface area contributed by atoms with E-state index in [2.05, 4.69) is 27.7 Å². The third-order valence-corrected chi connectivity index (χ3v) is 6.44. The molecule has 0 amide bonds. The largest absolute Gasteiger partial charge is 0.673 e. The van der Waals surface area contributed by atoms with E-state index in [1.807, 2.05) is 0 Å². The van der Waals surface area contributed by atoms with E-state index in [4.69, 9.17) is 0 Å². The van der Waals surface area contributed by atoms with E-state index >= 15 is 0 Å². The first-order valence-corrected chi connectivity index (χ1v) is 16.6. The van der Waals surface area contributed by atoms with Crippen molar-refractivity contribution in [2.24, 2.45) is 0 Å². The third-order valence-electron chi connectivity index (χ3n) is 6.44. The van der Waals surface area contributed by atoms with Crippen LogP contribution in [0.3, 0.4) is 0 Å². The van der Waals surface area contributed by atoms with Crippen molar-refractivity contribution in [1.82, 2.24) is 0 Å². The van der Waals surface area contributed by atoms with Gasteiger partial charge in [-0.2, -0.15) is 0 Å². The van der Waals surface area contributed by atoms with Crippen molar-refractivity contribution in [3.05, 3.63) is 0 Å². The van der Waals surface area contributed by atoms with Crippen LogP contribution in [0.4, 0.5) is 69.1 Å². The van der Waals surface area contributed by atoms with Crippen LogP contribution in [0, 0.1) is 0 Å². The molecule has 0 radical (unpaired) electrons. The molecule has 0 heterocycles. The quantitative estimate of drug-likeness (QED) is 0.0450. The van der Waals surface area contributed by atoms with E-state index in [9.17, 15) is 69.1 Å². The van der Waals surface area contributed by atoms with Gasteiger partial charge in [0.2, 0.25) is 0 Å². The zero-order valence-corrected chi connectivity index (χ0v) is 28.4. The lowest BCUT2D eigenvalue weighted by atomic mass is 10.0. The number of nitrogens with zero attached hydrogens (tertiary/aromatic N) is 1. The number of quaternary nitrogens is 1. The van der Waals surface area contributed by atoms with Gasteiger partial charge >= 0.3 is 29.0 Å². The summed E-state index contributed by atoms with van der Waals surface area (Å²) in [6, 6.07) is 0. The van der Waals surface area contributed by atoms with Gasteiger partial charge in [-0.15, -0.1) is 0 Å². The molecule has 0 aromatic carbocycles. The van der Waals surface area contributed by atoms with Gasteiger partial charge in [-0.25, -0.2) is 0 Å². The molecule has 0 saturated carbocycles. The monoisotopic (exact) mass is 730 g/mol. The van der Waals surface area contributed by atoms with Crippen molar-refractivity contribution in [2.45, 2.75) is 143 Å². The molecule has 0 atom stereocenters. The van der Waals surface area contributed by atoms with Gasteiger partial charge in [-0.3, -0.25) is 0 Å². The van der Waals surface area contributed by atoms with Gasteiger partial charge < -0.3 is 73.5 Å². The molecule has 0 aromatic rings. The summed E-state index contributed by atoms with van der Waals surface area (Å²) in [7, 11) is -24.0. The number of hydrogen-bond acceptors (Lipinski definition) is 0. The molecule has 21 heteroatoms. The fourth-order valence-electron chi connectivity index (χ4n) is 4.44. The molecule has 47 heavy (non-hydrogen) atoms. The first kappa shape index (κ1) is 55.5. The SMILES string of the molecule is CCCCCCCCCCCCCC[N+](CCCC)(CCCC)CCCC.F[B-](F)(F)F.F[B-](F)(F)F.F[B-](F)(F)F.F[B-](F)(F)F. The van der Waals surface area contributed by atoms with Crippen LogP contribution in [-0.2, 0) is 0 Å². The minimum Gasteiger partial charge on any atom is -0.418 e. The fourth-order valence-corrected chi connectivity index (χ4v) is 4.44. The lowest BCUT2D eigenvalue weighted by Crippen LogP contribution is -2.50. The van der Waals surface area contributed by atoms with Crippen LogP contribution < -0.4 is 0 Å². The van der Waals surface area contributed by atoms with Crippen molar-refractivity contribution in [3.8, 4) is 0 Å². The topological polar surface area (TPSA) is 0 Å². The summed E-state index contributed by atoms with van der Waals surface area (Å²) in [5, 5.41) is 0. The van der Waals surface area contributed by atoms with Gasteiger partial charge in [0.25, 0.3) is 0 Å². The van der Waals surface area contributed by atoms with Gasteiger partial charge in [0, 0.05) is 0 Å². The van der Waals surface area contributed by atoms with Crippen molar-refractivity contribution in [3.63, 3.8) is 0 Å². The average molecular weight is 730 g/mol. The standard InChI is InChI=1S/C26H56N.4BF4/c1-5-9-13-14-15-16-17-18-19-20-21-22-26-27(23-10-6-2,24-11-7-3)25-12-8-4;4*2-1(3,4)5/h5-26H2,1-4H3;;;;/q+1;4*-1. The fraction of sp³-hybridized carbons (Fsp3) is 1.00. The normalized spacial score (nSPS) is 12.0. The van der Waals surface area contributed by atoms with Gasteiger partial charge in [0.05, 0.1) is 26.2 Å². The predicted molar refractivity (Wildman–Crippen MR) is 166 cm³/mol. The molecule has 0 aliphatic rings. The molecule has 0 spiro atoms. The highest BCUT2D eigenvalue weighted by atomic mass is 19.5. The summed E-state index contributed by atoms with van der Waals surface area (Å²) in [5.41, 5.74) is 0. The molecule has 0 bridgehead atoms. The maximum atomic E-state index is 9.75. The van der Waals surface area contributed by atoms with E-state index in [1.165, 1.54) is 146 Å². The van der Waals surface area contributed by atoms with E-state index in [0.717, 1.165) is 0 Å². The Bertz CT molecular complexity index is 526. The number of halogens is 16. The molecule has 0 saturated heterocycles. The Balaban J connectivity index is -0.000000235. The Morgan fingerprint density at radius 3 is 0.596 bits per heavy atom. The Morgan fingerprint density at radius 2 is 0.404 bits per heavy atom. The summed E-state index contributed by atoms with van der Waals surface area (Å²) in [4.78, 5) is 0. The molecule has 292 valence electrons. The Labute approximate surface area is 272 Å². The Hall–Kier alpha value is -0.900. The highest BCUT2D eigenvalue weighted by molar-refractivity contribution is 6.50. The molecular formula is C26H56B4F16N-3. The molecule has 0 fully saturated rings. The molecule has 0 aromatic heterocycles. The van der Waals surface area contributed by atoms with Crippen molar-refractivity contribution in [2.75, 3.05) is 26.2 Å². The third kappa shape index (κ3) is 98.9. The Morgan fingerprint density at radius 1 is 0.255 bits per heavy atom. The van der Waals surface area contributed by atoms with Crippen LogP contribution >= 0.6 is 0 Å². The summed E-state index contributed by atoms with van der Waals surface area (Å²) in [5.74, 6) is 0. The summed E-state index contributed by atoms with van der Waals surface area (Å²) < 4.78 is 157. The minimum absolute atomic E-state index is 1.36. The molecule has 0 rings (SSSR count). The van der Waals surface area contributed by atoms with Gasteiger partial charge in [-0.1, -0.05) is 111 Å². The number of hydrogen-bond donors (Lipinski definition) is 0. The molecule has 0 unspecified atom stereocenters. The van der Waals surface area contributed by atoms with Crippen LogP contribution in [0.5, 0.6) is 0 Å². The van der Waals surface area contributed by atoms with E-state index in [-0.39, 0.29) is 0 Å². The average Bonchev–Trinajstić information content (AvgIpc) is 2.86. The minimum atomic E-state index is -6.00. The molecule has 1 nitrogen and oxygen atoms in total. The summed E-state index contributed by atoms with van der Waals surface area (Å²) in [6.07, 6.45) is 25.9. The molecular weight excluding hydrogens is 674 g/mol. The summed E-state index contributed by atoms with van der Waals surface area (Å²) in [6.45, 7) is 15.2. The molecule has 0 N–H and O–H groups in total. The van der Waals surface area contributed by atoms with Crippen LogP contribution in [0.25, 0.3) is 0 Å². The maximum absolute atomic E-state index is 9.75. The van der Waals surface area contributed by atoms with Gasteiger partial charge in [0.15, 0.2) is 0 Å². The first-order chi connectivity index (χ1) is 21.2. The first-order valence-electron chi connectivity index (χ1n) is 16.6. The smallest absolute Gasteiger partial charge is 0.418 e. The lowest BCUT2D eigenvalue weighted by molar-refractivity contribution is -0.929. The lowest BCUT2D eigenvalue weighted by Gasteiger charge is -2.39. The maximum Gasteiger partial charge on any atom is 0.673 e.